The van der Waals surface area contributed by atoms with Gasteiger partial charge in [-0.2, -0.15) is 0 Å². The highest BCUT2D eigenvalue weighted by Crippen LogP contribution is 2.19. The van der Waals surface area contributed by atoms with Crippen molar-refractivity contribution in [3.05, 3.63) is 21.9 Å². The summed E-state index contributed by atoms with van der Waals surface area (Å²) in [5.74, 6) is -0.180. The summed E-state index contributed by atoms with van der Waals surface area (Å²) in [6.07, 6.45) is 2.01. The van der Waals surface area contributed by atoms with Crippen LogP contribution in [0.15, 0.2) is 11.4 Å². The Hall–Kier alpha value is -0.830. The van der Waals surface area contributed by atoms with Crippen LogP contribution in [0.2, 0.25) is 0 Å². The first-order chi connectivity index (χ1) is 6.29. The van der Waals surface area contributed by atoms with Crippen LogP contribution in [0.5, 0.6) is 0 Å². The molecular formula is C10H14O2S. The number of ether oxygens (including phenoxy) is 1. The molecular weight excluding hydrogens is 184 g/mol. The SMILES string of the molecule is CCCc1ccsc1C(=O)OCC. The first kappa shape index (κ1) is 10.3. The van der Waals surface area contributed by atoms with Gasteiger partial charge in [-0.3, -0.25) is 0 Å². The lowest BCUT2D eigenvalue weighted by Gasteiger charge is -2.01. The van der Waals surface area contributed by atoms with Gasteiger partial charge < -0.3 is 4.74 Å². The highest BCUT2D eigenvalue weighted by Gasteiger charge is 2.12. The maximum absolute atomic E-state index is 11.4. The van der Waals surface area contributed by atoms with Crippen LogP contribution >= 0.6 is 11.3 Å². The van der Waals surface area contributed by atoms with Crippen molar-refractivity contribution in [2.24, 2.45) is 0 Å². The van der Waals surface area contributed by atoms with Crippen molar-refractivity contribution in [1.29, 1.82) is 0 Å². The van der Waals surface area contributed by atoms with E-state index in [-0.39, 0.29) is 5.97 Å². The minimum Gasteiger partial charge on any atom is -0.462 e. The quantitative estimate of drug-likeness (QED) is 0.695. The van der Waals surface area contributed by atoms with Gasteiger partial charge in [-0.15, -0.1) is 11.3 Å². The van der Waals surface area contributed by atoms with Gasteiger partial charge in [-0.05, 0) is 30.4 Å². The average Bonchev–Trinajstić information content (AvgIpc) is 2.54. The average molecular weight is 198 g/mol. The summed E-state index contributed by atoms with van der Waals surface area (Å²) in [5, 5.41) is 1.94. The minimum absolute atomic E-state index is 0.180. The molecule has 0 aliphatic rings. The minimum atomic E-state index is -0.180. The van der Waals surface area contributed by atoms with Crippen LogP contribution in [0.1, 0.15) is 35.5 Å². The maximum atomic E-state index is 11.4. The molecule has 0 fully saturated rings. The first-order valence-corrected chi connectivity index (χ1v) is 5.41. The lowest BCUT2D eigenvalue weighted by molar-refractivity contribution is 0.0531. The fraction of sp³-hybridized carbons (Fsp3) is 0.500. The molecule has 0 saturated heterocycles. The third kappa shape index (κ3) is 2.56. The van der Waals surface area contributed by atoms with Gasteiger partial charge in [0, 0.05) is 0 Å². The molecule has 3 heteroatoms. The molecule has 0 aliphatic heterocycles. The van der Waals surface area contributed by atoms with Crippen LogP contribution in [-0.2, 0) is 11.2 Å². The Labute approximate surface area is 82.5 Å². The van der Waals surface area contributed by atoms with Crippen molar-refractivity contribution in [3.8, 4) is 0 Å². The molecule has 1 aromatic heterocycles. The fourth-order valence-corrected chi connectivity index (χ4v) is 2.02. The molecule has 0 unspecified atom stereocenters. The van der Waals surface area contributed by atoms with E-state index in [1.165, 1.54) is 11.3 Å². The Kier molecular flexibility index (Phi) is 3.96. The van der Waals surface area contributed by atoms with Gasteiger partial charge >= 0.3 is 5.97 Å². The Balaban J connectivity index is 2.74. The van der Waals surface area contributed by atoms with Gasteiger partial charge in [0.15, 0.2) is 0 Å². The molecule has 2 nitrogen and oxygen atoms in total. The van der Waals surface area contributed by atoms with Crippen molar-refractivity contribution >= 4 is 17.3 Å². The second-order valence-corrected chi connectivity index (χ2v) is 3.66. The number of carbonyl (C=O) groups is 1. The Morgan fingerprint density at radius 3 is 2.92 bits per heavy atom. The second-order valence-electron chi connectivity index (χ2n) is 2.75. The molecule has 0 saturated carbocycles. The van der Waals surface area contributed by atoms with Crippen LogP contribution in [0.4, 0.5) is 0 Å². The van der Waals surface area contributed by atoms with Crippen LogP contribution < -0.4 is 0 Å². The van der Waals surface area contributed by atoms with Crippen LogP contribution in [-0.4, -0.2) is 12.6 Å². The molecule has 0 aromatic carbocycles. The van der Waals surface area contributed by atoms with E-state index >= 15 is 0 Å². The molecule has 0 spiro atoms. The highest BCUT2D eigenvalue weighted by molar-refractivity contribution is 7.12. The van der Waals surface area contributed by atoms with E-state index in [0.717, 1.165) is 23.3 Å². The zero-order chi connectivity index (χ0) is 9.68. The normalized spacial score (nSPS) is 10.0. The van der Waals surface area contributed by atoms with Crippen LogP contribution in [0, 0.1) is 0 Å². The molecule has 13 heavy (non-hydrogen) atoms. The standard InChI is InChI=1S/C10H14O2S/c1-3-5-8-6-7-13-9(8)10(11)12-4-2/h6-7H,3-5H2,1-2H3. The zero-order valence-corrected chi connectivity index (χ0v) is 8.82. The lowest BCUT2D eigenvalue weighted by atomic mass is 10.1. The van der Waals surface area contributed by atoms with Gasteiger partial charge in [0.2, 0.25) is 0 Å². The zero-order valence-electron chi connectivity index (χ0n) is 8.00. The van der Waals surface area contributed by atoms with Crippen LogP contribution in [0.3, 0.4) is 0 Å². The number of rotatable bonds is 4. The number of esters is 1. The Morgan fingerprint density at radius 2 is 2.31 bits per heavy atom. The van der Waals surface area contributed by atoms with E-state index in [4.69, 9.17) is 4.74 Å². The van der Waals surface area contributed by atoms with E-state index in [1.807, 2.05) is 18.4 Å². The molecule has 1 rings (SSSR count). The van der Waals surface area contributed by atoms with Gasteiger partial charge in [0.1, 0.15) is 4.88 Å². The van der Waals surface area contributed by atoms with Gasteiger partial charge in [-0.1, -0.05) is 13.3 Å². The highest BCUT2D eigenvalue weighted by atomic mass is 32.1. The van der Waals surface area contributed by atoms with Crippen molar-refractivity contribution < 1.29 is 9.53 Å². The largest absolute Gasteiger partial charge is 0.462 e. The third-order valence-electron chi connectivity index (χ3n) is 1.73. The van der Waals surface area contributed by atoms with E-state index in [9.17, 15) is 4.79 Å². The molecule has 0 aliphatic carbocycles. The molecule has 1 aromatic rings. The second kappa shape index (κ2) is 5.02. The lowest BCUT2D eigenvalue weighted by Crippen LogP contribution is -2.04. The topological polar surface area (TPSA) is 26.3 Å². The Bertz CT molecular complexity index is 278. The number of hydrogen-bond donors (Lipinski definition) is 0. The molecule has 0 radical (unpaired) electrons. The van der Waals surface area contributed by atoms with Crippen molar-refractivity contribution in [2.75, 3.05) is 6.61 Å². The van der Waals surface area contributed by atoms with E-state index in [2.05, 4.69) is 6.92 Å². The molecule has 0 N–H and O–H groups in total. The van der Waals surface area contributed by atoms with E-state index in [0.29, 0.717) is 6.61 Å². The predicted molar refractivity (Wildman–Crippen MR) is 54.3 cm³/mol. The van der Waals surface area contributed by atoms with Gasteiger partial charge in [0.25, 0.3) is 0 Å². The number of hydrogen-bond acceptors (Lipinski definition) is 3. The summed E-state index contributed by atoms with van der Waals surface area (Å²) in [6, 6.07) is 2.00. The van der Waals surface area contributed by atoms with E-state index in [1.54, 1.807) is 0 Å². The van der Waals surface area contributed by atoms with Gasteiger partial charge in [0.05, 0.1) is 6.61 Å². The number of aryl methyl sites for hydroxylation is 1. The molecule has 0 amide bonds. The molecule has 72 valence electrons. The molecule has 0 atom stereocenters. The fourth-order valence-electron chi connectivity index (χ4n) is 1.18. The summed E-state index contributed by atoms with van der Waals surface area (Å²) >= 11 is 1.46. The van der Waals surface area contributed by atoms with Gasteiger partial charge in [-0.25, -0.2) is 4.79 Å². The summed E-state index contributed by atoms with van der Waals surface area (Å²) in [7, 11) is 0. The maximum Gasteiger partial charge on any atom is 0.348 e. The van der Waals surface area contributed by atoms with E-state index < -0.39 is 0 Å². The number of thiophene rings is 1. The summed E-state index contributed by atoms with van der Waals surface area (Å²) in [4.78, 5) is 12.2. The molecule has 0 bridgehead atoms. The van der Waals surface area contributed by atoms with Crippen LogP contribution in [0.25, 0.3) is 0 Å². The van der Waals surface area contributed by atoms with Crippen molar-refractivity contribution in [2.45, 2.75) is 26.7 Å². The summed E-state index contributed by atoms with van der Waals surface area (Å²) in [5.41, 5.74) is 1.12. The third-order valence-corrected chi connectivity index (χ3v) is 2.66. The number of carbonyl (C=O) groups excluding carboxylic acids is 1. The van der Waals surface area contributed by atoms with Crippen molar-refractivity contribution in [3.63, 3.8) is 0 Å². The first-order valence-electron chi connectivity index (χ1n) is 4.53. The molecule has 1 heterocycles. The summed E-state index contributed by atoms with van der Waals surface area (Å²) in [6.45, 7) is 4.37. The monoisotopic (exact) mass is 198 g/mol. The smallest absolute Gasteiger partial charge is 0.348 e. The predicted octanol–water partition coefficient (Wildman–Crippen LogP) is 2.88. The summed E-state index contributed by atoms with van der Waals surface area (Å²) < 4.78 is 4.94. The Morgan fingerprint density at radius 1 is 1.54 bits per heavy atom. The van der Waals surface area contributed by atoms with Crippen molar-refractivity contribution in [1.82, 2.24) is 0 Å².